The summed E-state index contributed by atoms with van der Waals surface area (Å²) in [5, 5.41) is -0.102. The van der Waals surface area contributed by atoms with Gasteiger partial charge in [0, 0.05) is 12.0 Å². The van der Waals surface area contributed by atoms with Crippen LogP contribution in [0, 0.1) is 0 Å². The molecule has 1 fully saturated rings. The van der Waals surface area contributed by atoms with Gasteiger partial charge in [-0.15, -0.1) is 11.8 Å². The Bertz CT molecular complexity index is 436. The number of amides is 1. The summed E-state index contributed by atoms with van der Waals surface area (Å²) in [6, 6.07) is -0.501. The summed E-state index contributed by atoms with van der Waals surface area (Å²) in [4.78, 5) is 35.2. The predicted octanol–water partition coefficient (Wildman–Crippen LogP) is -1.17. The van der Waals surface area contributed by atoms with E-state index in [2.05, 4.69) is 4.74 Å². The second kappa shape index (κ2) is 4.99. The summed E-state index contributed by atoms with van der Waals surface area (Å²) in [7, 11) is 1.20. The predicted molar refractivity (Wildman–Crippen MR) is 62.1 cm³/mol. The molecule has 0 saturated carbocycles. The van der Waals surface area contributed by atoms with Crippen molar-refractivity contribution in [3.8, 4) is 0 Å². The van der Waals surface area contributed by atoms with Crippen molar-refractivity contribution >= 4 is 29.6 Å². The van der Waals surface area contributed by atoms with E-state index in [1.54, 1.807) is 0 Å². The number of esters is 2. The lowest BCUT2D eigenvalue weighted by atomic mass is 10.1. The Morgan fingerprint density at radius 2 is 2.33 bits per heavy atom. The van der Waals surface area contributed by atoms with Crippen molar-refractivity contribution < 1.29 is 23.9 Å². The highest BCUT2D eigenvalue weighted by atomic mass is 32.2. The molecule has 1 unspecified atom stereocenters. The number of rotatable bonds is 3. The van der Waals surface area contributed by atoms with Crippen LogP contribution in [0.15, 0.2) is 11.8 Å². The van der Waals surface area contributed by atoms with Crippen molar-refractivity contribution in [3.05, 3.63) is 11.8 Å². The van der Waals surface area contributed by atoms with Crippen molar-refractivity contribution in [2.24, 2.45) is 5.73 Å². The molecule has 18 heavy (non-hydrogen) atoms. The highest BCUT2D eigenvalue weighted by Gasteiger charge is 2.47. The molecule has 98 valence electrons. The van der Waals surface area contributed by atoms with Gasteiger partial charge in [0.2, 0.25) is 5.91 Å². The lowest BCUT2D eigenvalue weighted by molar-refractivity contribution is -0.154. The van der Waals surface area contributed by atoms with E-state index in [4.69, 9.17) is 10.5 Å². The minimum Gasteiger partial charge on any atom is -0.466 e. The lowest BCUT2D eigenvalue weighted by Crippen LogP contribution is -2.66. The number of methoxy groups -OCH3 is 1. The van der Waals surface area contributed by atoms with Crippen LogP contribution in [0.2, 0.25) is 0 Å². The molecular formula is C10H12N2O5S. The van der Waals surface area contributed by atoms with Crippen LogP contribution in [0.25, 0.3) is 0 Å². The number of hydrogen-bond acceptors (Lipinski definition) is 7. The molecule has 0 aromatic rings. The Morgan fingerprint density at radius 1 is 1.61 bits per heavy atom. The fourth-order valence-corrected chi connectivity index (χ4v) is 2.79. The van der Waals surface area contributed by atoms with Gasteiger partial charge in [0.05, 0.1) is 12.7 Å². The third kappa shape index (κ3) is 2.21. The highest BCUT2D eigenvalue weighted by molar-refractivity contribution is 8.00. The molecule has 2 aliphatic heterocycles. The van der Waals surface area contributed by atoms with Gasteiger partial charge in [0.25, 0.3) is 0 Å². The van der Waals surface area contributed by atoms with Crippen LogP contribution in [-0.2, 0) is 23.9 Å². The van der Waals surface area contributed by atoms with Gasteiger partial charge in [0.1, 0.15) is 11.4 Å². The number of β-lactam (4-membered cyclic amide) rings is 1. The average molecular weight is 272 g/mol. The maximum absolute atomic E-state index is 11.6. The Labute approximate surface area is 107 Å². The third-order valence-corrected chi connectivity index (χ3v) is 3.98. The lowest BCUT2D eigenvalue weighted by Gasteiger charge is -2.45. The smallest absolute Gasteiger partial charge is 0.344 e. The molecule has 0 aliphatic carbocycles. The highest BCUT2D eigenvalue weighted by Crippen LogP contribution is 2.35. The van der Waals surface area contributed by atoms with Crippen molar-refractivity contribution in [1.82, 2.24) is 4.90 Å². The molecule has 2 aliphatic rings. The zero-order chi connectivity index (χ0) is 13.3. The van der Waals surface area contributed by atoms with Gasteiger partial charge in [-0.2, -0.15) is 0 Å². The zero-order valence-corrected chi connectivity index (χ0v) is 10.4. The molecule has 2 N–H and O–H groups in total. The number of hydrogen-bond donors (Lipinski definition) is 1. The topological polar surface area (TPSA) is 98.9 Å². The number of nitrogens with two attached hydrogens (primary N) is 1. The van der Waals surface area contributed by atoms with Crippen LogP contribution in [0.4, 0.5) is 0 Å². The van der Waals surface area contributed by atoms with Crippen LogP contribution >= 0.6 is 11.8 Å². The fraction of sp³-hybridized carbons (Fsp3) is 0.500. The number of carbonyl (C=O) groups is 3. The molecule has 0 aromatic carbocycles. The molecule has 0 bridgehead atoms. The summed E-state index contributed by atoms with van der Waals surface area (Å²) in [5.74, 6) is -1.07. The van der Waals surface area contributed by atoms with Crippen LogP contribution < -0.4 is 5.73 Å². The van der Waals surface area contributed by atoms with E-state index in [0.29, 0.717) is 11.3 Å². The molecule has 8 heteroatoms. The standard InChI is InChI=1S/C10H12N2O5S/c1-16-6(13)3-17-10(15)5-2-12-8(14)7(11)9(12)18-4-5/h2,7,9H,3-4,11H2,1H3/t7?,9-/m1/s1. The Hall–Kier alpha value is -1.54. The number of ether oxygens (including phenoxy) is 2. The minimum absolute atomic E-state index is 0.102. The Kier molecular flexibility index (Phi) is 3.58. The maximum atomic E-state index is 11.6. The van der Waals surface area contributed by atoms with E-state index in [1.165, 1.54) is 30.0 Å². The van der Waals surface area contributed by atoms with E-state index < -0.39 is 24.6 Å². The quantitative estimate of drug-likeness (QED) is 0.510. The zero-order valence-electron chi connectivity index (χ0n) is 9.62. The van der Waals surface area contributed by atoms with E-state index in [0.717, 1.165) is 0 Å². The van der Waals surface area contributed by atoms with Gasteiger partial charge in [-0.3, -0.25) is 4.79 Å². The monoisotopic (exact) mass is 272 g/mol. The van der Waals surface area contributed by atoms with Gasteiger partial charge < -0.3 is 20.1 Å². The molecule has 0 radical (unpaired) electrons. The third-order valence-electron chi connectivity index (χ3n) is 2.64. The van der Waals surface area contributed by atoms with Gasteiger partial charge in [-0.1, -0.05) is 0 Å². The van der Waals surface area contributed by atoms with Gasteiger partial charge in [-0.25, -0.2) is 9.59 Å². The van der Waals surface area contributed by atoms with Gasteiger partial charge in [0.15, 0.2) is 6.61 Å². The second-order valence-corrected chi connectivity index (χ2v) is 4.88. The van der Waals surface area contributed by atoms with Crippen molar-refractivity contribution in [1.29, 1.82) is 0 Å². The van der Waals surface area contributed by atoms with E-state index in [9.17, 15) is 14.4 Å². The second-order valence-electron chi connectivity index (χ2n) is 3.78. The van der Waals surface area contributed by atoms with Gasteiger partial charge >= 0.3 is 11.9 Å². The SMILES string of the molecule is COC(=O)COC(=O)C1=CN2C(=O)C(N)[C@H]2SC1. The first-order valence-electron chi connectivity index (χ1n) is 5.18. The minimum atomic E-state index is -0.632. The Balaban J connectivity index is 1.94. The van der Waals surface area contributed by atoms with Gasteiger partial charge in [-0.05, 0) is 0 Å². The molecular weight excluding hydrogens is 260 g/mol. The van der Waals surface area contributed by atoms with Crippen LogP contribution in [0.3, 0.4) is 0 Å². The van der Waals surface area contributed by atoms with Crippen LogP contribution in [0.1, 0.15) is 0 Å². The maximum Gasteiger partial charge on any atom is 0.344 e. The van der Waals surface area contributed by atoms with Crippen LogP contribution in [0.5, 0.6) is 0 Å². The molecule has 7 nitrogen and oxygen atoms in total. The number of carbonyl (C=O) groups excluding carboxylic acids is 3. The number of fused-ring (bicyclic) bond motifs is 1. The molecule has 2 atom stereocenters. The number of thioether (sulfide) groups is 1. The van der Waals surface area contributed by atoms with Crippen molar-refractivity contribution in [2.45, 2.75) is 11.4 Å². The fourth-order valence-electron chi connectivity index (χ4n) is 1.60. The first-order chi connectivity index (χ1) is 8.54. The normalized spacial score (nSPS) is 25.8. The summed E-state index contributed by atoms with van der Waals surface area (Å²) in [6.45, 7) is -0.436. The first-order valence-corrected chi connectivity index (χ1v) is 6.23. The first kappa shape index (κ1) is 12.9. The molecule has 1 saturated heterocycles. The van der Waals surface area contributed by atoms with E-state index >= 15 is 0 Å². The number of nitrogens with zero attached hydrogens (tertiary/aromatic N) is 1. The summed E-state index contributed by atoms with van der Waals surface area (Å²) in [5.41, 5.74) is 5.93. The summed E-state index contributed by atoms with van der Waals surface area (Å²) < 4.78 is 9.09. The molecule has 2 heterocycles. The summed E-state index contributed by atoms with van der Waals surface area (Å²) in [6.07, 6.45) is 1.44. The molecule has 2 rings (SSSR count). The summed E-state index contributed by atoms with van der Waals surface area (Å²) >= 11 is 1.40. The van der Waals surface area contributed by atoms with E-state index in [-0.39, 0.29) is 11.3 Å². The van der Waals surface area contributed by atoms with Crippen molar-refractivity contribution in [3.63, 3.8) is 0 Å². The molecule has 0 aromatic heterocycles. The van der Waals surface area contributed by atoms with Crippen LogP contribution in [-0.4, -0.2) is 53.6 Å². The average Bonchev–Trinajstić information content (AvgIpc) is 2.42. The Morgan fingerprint density at radius 3 is 3.00 bits per heavy atom. The largest absolute Gasteiger partial charge is 0.466 e. The molecule has 1 amide bonds. The molecule has 0 spiro atoms. The van der Waals surface area contributed by atoms with Crippen molar-refractivity contribution in [2.75, 3.05) is 19.5 Å². The van der Waals surface area contributed by atoms with E-state index in [1.807, 2.05) is 0 Å².